The van der Waals surface area contributed by atoms with Crippen molar-refractivity contribution in [3.8, 4) is 11.3 Å². The van der Waals surface area contributed by atoms with E-state index in [4.69, 9.17) is 11.5 Å². The van der Waals surface area contributed by atoms with Crippen molar-refractivity contribution in [3.63, 3.8) is 0 Å². The topological polar surface area (TPSA) is 90.7 Å². The largest absolute Gasteiger partial charge is 0.326 e. The highest BCUT2D eigenvalue weighted by atomic mass is 14.8. The molecule has 3 heterocycles. The molecule has 0 fully saturated rings. The summed E-state index contributed by atoms with van der Waals surface area (Å²) in [6, 6.07) is 7.38. The Balaban J connectivity index is 2.25. The maximum Gasteiger partial charge on any atom is 0.0896 e. The summed E-state index contributed by atoms with van der Waals surface area (Å²) in [5.41, 5.74) is 15.9. The van der Waals surface area contributed by atoms with Gasteiger partial charge in [0.2, 0.25) is 0 Å². The van der Waals surface area contributed by atoms with Gasteiger partial charge in [0, 0.05) is 41.6 Å². The average molecular weight is 279 g/mol. The van der Waals surface area contributed by atoms with Crippen molar-refractivity contribution in [1.82, 2.24) is 15.0 Å². The van der Waals surface area contributed by atoms with Crippen LogP contribution in [0.25, 0.3) is 22.2 Å². The molecule has 0 saturated heterocycles. The number of aromatic nitrogens is 3. The average Bonchev–Trinajstić information content (AvgIpc) is 2.54. The third kappa shape index (κ3) is 2.61. The molecular formula is C16H17N5. The predicted octanol–water partition coefficient (Wildman–Crippen LogP) is 2.04. The fourth-order valence-electron chi connectivity index (χ4n) is 2.34. The number of hydrogen-bond donors (Lipinski definition) is 2. The first-order valence-corrected chi connectivity index (χ1v) is 6.83. The molecule has 21 heavy (non-hydrogen) atoms. The van der Waals surface area contributed by atoms with E-state index in [-0.39, 0.29) is 12.1 Å². The lowest BCUT2D eigenvalue weighted by molar-refractivity contribution is 0.592. The minimum atomic E-state index is -0.251. The molecule has 0 aliphatic carbocycles. The van der Waals surface area contributed by atoms with Crippen molar-refractivity contribution in [2.45, 2.75) is 19.0 Å². The van der Waals surface area contributed by atoms with Crippen molar-refractivity contribution in [1.29, 1.82) is 0 Å². The Labute approximate surface area is 123 Å². The first-order valence-electron chi connectivity index (χ1n) is 6.83. The van der Waals surface area contributed by atoms with Gasteiger partial charge in [0.15, 0.2) is 0 Å². The molecule has 0 saturated carbocycles. The predicted molar refractivity (Wildman–Crippen MR) is 83.3 cm³/mol. The fourth-order valence-corrected chi connectivity index (χ4v) is 2.34. The molecule has 2 atom stereocenters. The SMILES string of the molecule is CC(N)C(N)c1cc(-c2ccncc2)nc2cnccc12. The van der Waals surface area contributed by atoms with E-state index >= 15 is 0 Å². The van der Waals surface area contributed by atoms with E-state index in [9.17, 15) is 0 Å². The summed E-state index contributed by atoms with van der Waals surface area (Å²) >= 11 is 0. The van der Waals surface area contributed by atoms with E-state index in [2.05, 4.69) is 15.0 Å². The molecule has 0 radical (unpaired) electrons. The first-order chi connectivity index (χ1) is 10.2. The number of rotatable bonds is 3. The molecule has 2 unspecified atom stereocenters. The Bertz CT molecular complexity index is 755. The quantitative estimate of drug-likeness (QED) is 0.765. The van der Waals surface area contributed by atoms with Crippen molar-refractivity contribution < 1.29 is 0 Å². The van der Waals surface area contributed by atoms with Crippen LogP contribution >= 0.6 is 0 Å². The van der Waals surface area contributed by atoms with Gasteiger partial charge in [0.1, 0.15) is 0 Å². The van der Waals surface area contributed by atoms with Gasteiger partial charge in [-0.05, 0) is 36.8 Å². The first kappa shape index (κ1) is 13.6. The second-order valence-electron chi connectivity index (χ2n) is 5.11. The lowest BCUT2D eigenvalue weighted by Crippen LogP contribution is -2.31. The van der Waals surface area contributed by atoms with Crippen LogP contribution in [0, 0.1) is 0 Å². The molecule has 5 heteroatoms. The van der Waals surface area contributed by atoms with Crippen molar-refractivity contribution in [3.05, 3.63) is 54.6 Å². The Morgan fingerprint density at radius 2 is 1.71 bits per heavy atom. The molecule has 3 aromatic heterocycles. The van der Waals surface area contributed by atoms with Crippen LogP contribution in [-0.4, -0.2) is 21.0 Å². The summed E-state index contributed by atoms with van der Waals surface area (Å²) in [6.45, 7) is 1.91. The molecule has 0 aromatic carbocycles. The van der Waals surface area contributed by atoms with Crippen LogP contribution < -0.4 is 11.5 Å². The lowest BCUT2D eigenvalue weighted by Gasteiger charge is -2.19. The summed E-state index contributed by atoms with van der Waals surface area (Å²) in [7, 11) is 0. The van der Waals surface area contributed by atoms with Crippen molar-refractivity contribution in [2.75, 3.05) is 0 Å². The van der Waals surface area contributed by atoms with Gasteiger partial charge >= 0.3 is 0 Å². The van der Waals surface area contributed by atoms with Gasteiger partial charge in [0.05, 0.1) is 17.4 Å². The third-order valence-electron chi connectivity index (χ3n) is 3.55. The third-order valence-corrected chi connectivity index (χ3v) is 3.55. The molecule has 5 nitrogen and oxygen atoms in total. The summed E-state index contributed by atoms with van der Waals surface area (Å²) in [4.78, 5) is 12.8. The van der Waals surface area contributed by atoms with Gasteiger partial charge in [-0.1, -0.05) is 0 Å². The lowest BCUT2D eigenvalue weighted by atomic mass is 9.96. The fraction of sp³-hybridized carbons (Fsp3) is 0.188. The normalized spacial score (nSPS) is 14.0. The number of pyridine rings is 3. The van der Waals surface area contributed by atoms with Gasteiger partial charge in [0.25, 0.3) is 0 Å². The number of hydrogen-bond acceptors (Lipinski definition) is 5. The Morgan fingerprint density at radius 1 is 1.00 bits per heavy atom. The van der Waals surface area contributed by atoms with Crippen LogP contribution in [0.4, 0.5) is 0 Å². The molecule has 0 bridgehead atoms. The van der Waals surface area contributed by atoms with Crippen molar-refractivity contribution in [2.24, 2.45) is 11.5 Å². The van der Waals surface area contributed by atoms with E-state index < -0.39 is 0 Å². The minimum Gasteiger partial charge on any atom is -0.326 e. The zero-order valence-corrected chi connectivity index (χ0v) is 11.8. The number of nitrogens with zero attached hydrogens (tertiary/aromatic N) is 3. The summed E-state index contributed by atoms with van der Waals surface area (Å²) in [5.74, 6) is 0. The smallest absolute Gasteiger partial charge is 0.0896 e. The standard InChI is InChI=1S/C16H17N5/c1-10(17)16(18)13-8-14(11-2-5-19-6-3-11)21-15-9-20-7-4-12(13)15/h2-10,16H,17-18H2,1H3. The van der Waals surface area contributed by atoms with Crippen molar-refractivity contribution >= 4 is 10.9 Å². The second-order valence-corrected chi connectivity index (χ2v) is 5.11. The molecule has 0 spiro atoms. The molecule has 3 rings (SSSR count). The van der Waals surface area contributed by atoms with Crippen LogP contribution in [-0.2, 0) is 0 Å². The van der Waals surface area contributed by atoms with E-state index in [0.29, 0.717) is 0 Å². The molecule has 0 aliphatic heterocycles. The molecule has 4 N–H and O–H groups in total. The van der Waals surface area contributed by atoms with E-state index in [0.717, 1.165) is 27.7 Å². The van der Waals surface area contributed by atoms with Crippen LogP contribution in [0.3, 0.4) is 0 Å². The summed E-state index contributed by atoms with van der Waals surface area (Å²) < 4.78 is 0. The number of fused-ring (bicyclic) bond motifs is 1. The van der Waals surface area contributed by atoms with Crippen LogP contribution in [0.1, 0.15) is 18.5 Å². The van der Waals surface area contributed by atoms with E-state index in [1.165, 1.54) is 0 Å². The van der Waals surface area contributed by atoms with Crippen LogP contribution in [0.2, 0.25) is 0 Å². The van der Waals surface area contributed by atoms with E-state index in [1.54, 1.807) is 24.8 Å². The highest BCUT2D eigenvalue weighted by Crippen LogP contribution is 2.28. The molecule has 106 valence electrons. The highest BCUT2D eigenvalue weighted by molar-refractivity contribution is 5.85. The molecule has 3 aromatic rings. The summed E-state index contributed by atoms with van der Waals surface area (Å²) in [5, 5.41) is 0.993. The highest BCUT2D eigenvalue weighted by Gasteiger charge is 2.16. The van der Waals surface area contributed by atoms with Gasteiger partial charge in [-0.3, -0.25) is 9.97 Å². The van der Waals surface area contributed by atoms with Gasteiger partial charge in [-0.2, -0.15) is 0 Å². The maximum absolute atomic E-state index is 6.27. The van der Waals surface area contributed by atoms with Gasteiger partial charge in [-0.15, -0.1) is 0 Å². The monoisotopic (exact) mass is 279 g/mol. The molecule has 0 aliphatic rings. The number of nitrogens with two attached hydrogens (primary N) is 2. The van der Waals surface area contributed by atoms with Crippen LogP contribution in [0.15, 0.2) is 49.1 Å². The van der Waals surface area contributed by atoms with E-state index in [1.807, 2.05) is 31.2 Å². The molecule has 0 amide bonds. The molecular weight excluding hydrogens is 262 g/mol. The maximum atomic E-state index is 6.27. The Hall–Kier alpha value is -2.37. The van der Waals surface area contributed by atoms with Gasteiger partial charge in [-0.25, -0.2) is 4.98 Å². The Morgan fingerprint density at radius 3 is 2.43 bits per heavy atom. The van der Waals surface area contributed by atoms with Crippen LogP contribution in [0.5, 0.6) is 0 Å². The van der Waals surface area contributed by atoms with Gasteiger partial charge < -0.3 is 11.5 Å². The summed E-state index contributed by atoms with van der Waals surface area (Å²) in [6.07, 6.45) is 6.98. The second kappa shape index (κ2) is 5.55. The minimum absolute atomic E-state index is 0.144. The zero-order valence-electron chi connectivity index (χ0n) is 11.8. The Kier molecular flexibility index (Phi) is 3.60. The zero-order chi connectivity index (χ0) is 14.8.